The maximum atomic E-state index is 14.2. The predicted octanol–water partition coefficient (Wildman–Crippen LogP) is 4.17. The number of carbonyl (C=O) groups is 5. The number of amides is 5. The lowest BCUT2D eigenvalue weighted by atomic mass is 10.00. The van der Waals surface area contributed by atoms with Crippen LogP contribution in [0.25, 0.3) is 0 Å². The van der Waals surface area contributed by atoms with E-state index in [1.807, 2.05) is 60.0 Å². The highest BCUT2D eigenvalue weighted by Gasteiger charge is 2.37. The number of benzene rings is 2. The number of piperidine rings is 3. The number of rotatable bonds is 11. The molecule has 2 aromatic rings. The second-order valence-corrected chi connectivity index (χ2v) is 17.2. The lowest BCUT2D eigenvalue weighted by molar-refractivity contribution is -0.152. The molecule has 15 nitrogen and oxygen atoms in total. The normalized spacial score (nSPS) is 20.5. The second-order valence-electron chi connectivity index (χ2n) is 17.2. The number of urea groups is 1. The van der Waals surface area contributed by atoms with Gasteiger partial charge >= 0.3 is 18.1 Å². The summed E-state index contributed by atoms with van der Waals surface area (Å²) < 4.78 is 11.4. The van der Waals surface area contributed by atoms with Gasteiger partial charge in [0, 0.05) is 89.6 Å². The summed E-state index contributed by atoms with van der Waals surface area (Å²) in [6.07, 6.45) is 5.95. The molecule has 326 valence electrons. The van der Waals surface area contributed by atoms with Crippen LogP contribution in [0.1, 0.15) is 73.6 Å². The van der Waals surface area contributed by atoms with E-state index in [1.54, 1.807) is 9.80 Å². The molecule has 1 atom stereocenters. The first-order chi connectivity index (χ1) is 29.0. The molecule has 4 saturated heterocycles. The van der Waals surface area contributed by atoms with Gasteiger partial charge in [-0.2, -0.15) is 0 Å². The number of nitrogens with zero attached hydrogens (tertiary/aromatic N) is 6. The largest absolute Gasteiger partial charge is 0.507 e. The van der Waals surface area contributed by atoms with Gasteiger partial charge in [-0.15, -0.1) is 0 Å². The lowest BCUT2D eigenvalue weighted by Crippen LogP contribution is -2.56. The highest BCUT2D eigenvalue weighted by atomic mass is 16.6. The van der Waals surface area contributed by atoms with Crippen molar-refractivity contribution in [2.45, 2.75) is 96.2 Å². The molecule has 0 unspecified atom stereocenters. The minimum Gasteiger partial charge on any atom is -0.507 e. The molecule has 0 spiro atoms. The third-order valence-electron chi connectivity index (χ3n) is 13.2. The molecule has 0 bridgehead atoms. The summed E-state index contributed by atoms with van der Waals surface area (Å²) in [6, 6.07) is 11.8. The third kappa shape index (κ3) is 10.9. The topological polar surface area (TPSA) is 156 Å². The van der Waals surface area contributed by atoms with E-state index >= 15 is 0 Å². The van der Waals surface area contributed by atoms with Crippen molar-refractivity contribution >= 4 is 35.6 Å². The monoisotopic (exact) mass is 829 g/mol. The molecule has 0 radical (unpaired) electrons. The Morgan fingerprint density at radius 1 is 0.783 bits per heavy atom. The average molecular weight is 830 g/mol. The van der Waals surface area contributed by atoms with Crippen LogP contribution in [0.4, 0.5) is 15.3 Å². The molecular formula is C45H63N7O8. The number of hydrogen-bond donors (Lipinski definition) is 2. The van der Waals surface area contributed by atoms with E-state index in [1.165, 1.54) is 0 Å². The Hall–Kier alpha value is -4.89. The number of anilines is 1. The number of fused-ring (bicyclic) bond motifs is 1. The Balaban J connectivity index is 0.878. The summed E-state index contributed by atoms with van der Waals surface area (Å²) in [5.74, 6) is -0.450. The van der Waals surface area contributed by atoms with E-state index in [0.29, 0.717) is 82.4 Å². The maximum absolute atomic E-state index is 14.2. The van der Waals surface area contributed by atoms with Gasteiger partial charge in [-0.25, -0.2) is 9.59 Å². The van der Waals surface area contributed by atoms with Crippen molar-refractivity contribution in [3.63, 3.8) is 0 Å². The van der Waals surface area contributed by atoms with E-state index in [2.05, 4.69) is 15.1 Å². The van der Waals surface area contributed by atoms with Crippen molar-refractivity contribution in [2.24, 2.45) is 0 Å². The zero-order valence-corrected chi connectivity index (χ0v) is 35.4. The summed E-state index contributed by atoms with van der Waals surface area (Å²) in [5.41, 5.74) is 4.16. The molecule has 5 amide bonds. The van der Waals surface area contributed by atoms with E-state index in [-0.39, 0.29) is 55.1 Å². The van der Waals surface area contributed by atoms with Crippen molar-refractivity contribution in [2.75, 3.05) is 90.5 Å². The molecule has 5 aliphatic heterocycles. The number of hydrogen-bond acceptors (Lipinski definition) is 10. The van der Waals surface area contributed by atoms with Crippen LogP contribution in [0.2, 0.25) is 0 Å². The summed E-state index contributed by atoms with van der Waals surface area (Å²) in [4.78, 5) is 77.8. The summed E-state index contributed by atoms with van der Waals surface area (Å²) >= 11 is 0. The molecule has 4 fully saturated rings. The molecule has 7 rings (SSSR count). The summed E-state index contributed by atoms with van der Waals surface area (Å²) in [5, 5.41) is 13.5. The zero-order valence-electron chi connectivity index (χ0n) is 35.4. The number of esters is 1. The minimum absolute atomic E-state index is 0.0109. The maximum Gasteiger partial charge on any atom is 0.410 e. The molecular weight excluding hydrogens is 767 g/mol. The number of piperazine rings is 1. The highest BCUT2D eigenvalue weighted by Crippen LogP contribution is 2.27. The molecule has 5 heterocycles. The first-order valence-electron chi connectivity index (χ1n) is 22.1. The van der Waals surface area contributed by atoms with Crippen molar-refractivity contribution in [1.82, 2.24) is 29.4 Å². The van der Waals surface area contributed by atoms with Crippen LogP contribution in [0, 0.1) is 13.8 Å². The molecule has 5 aliphatic rings. The molecule has 0 aliphatic carbocycles. The quantitative estimate of drug-likeness (QED) is 0.316. The van der Waals surface area contributed by atoms with Crippen molar-refractivity contribution in [3.05, 3.63) is 58.7 Å². The van der Waals surface area contributed by atoms with Gasteiger partial charge in [0.15, 0.2) is 12.7 Å². The lowest BCUT2D eigenvalue weighted by Gasteiger charge is -2.43. The third-order valence-corrected chi connectivity index (χ3v) is 13.2. The summed E-state index contributed by atoms with van der Waals surface area (Å²) in [6.45, 7) is 11.2. The van der Waals surface area contributed by atoms with Gasteiger partial charge in [0.1, 0.15) is 5.75 Å². The number of para-hydroxylation sites is 1. The van der Waals surface area contributed by atoms with Gasteiger partial charge in [-0.05, 0) is 107 Å². The van der Waals surface area contributed by atoms with Crippen molar-refractivity contribution < 1.29 is 38.6 Å². The van der Waals surface area contributed by atoms with Crippen LogP contribution >= 0.6 is 0 Å². The van der Waals surface area contributed by atoms with Crippen LogP contribution in [0.5, 0.6) is 5.75 Å². The van der Waals surface area contributed by atoms with Crippen LogP contribution in [-0.4, -0.2) is 168 Å². The van der Waals surface area contributed by atoms with Gasteiger partial charge in [0.25, 0.3) is 11.8 Å². The van der Waals surface area contributed by atoms with Crippen LogP contribution in [-0.2, 0) is 36.7 Å². The first-order valence-corrected chi connectivity index (χ1v) is 22.1. The molecule has 15 heteroatoms. The van der Waals surface area contributed by atoms with Crippen molar-refractivity contribution in [1.29, 1.82) is 0 Å². The Morgan fingerprint density at radius 2 is 1.45 bits per heavy atom. The molecule has 2 aromatic carbocycles. The second kappa shape index (κ2) is 20.1. The number of likely N-dealkylation sites (tertiary alicyclic amines) is 3. The van der Waals surface area contributed by atoms with E-state index < -0.39 is 12.2 Å². The Bertz CT molecular complexity index is 1820. The SMILES string of the molecule is Cc1cc(C[C@@H](OC(=O)N2CCC(N3CCc4ccccc4NC3=O)CC2)C(=O)N2CCN(C3CCN(CCC(=O)OCC(=O)N4CCCCC4)CC3)CC2)cc(C)c1O. The predicted molar refractivity (Wildman–Crippen MR) is 226 cm³/mol. The fourth-order valence-corrected chi connectivity index (χ4v) is 9.57. The molecule has 0 aromatic heterocycles. The zero-order chi connectivity index (χ0) is 42.2. The van der Waals surface area contributed by atoms with E-state index in [0.717, 1.165) is 81.5 Å². The molecule has 2 N–H and O–H groups in total. The summed E-state index contributed by atoms with van der Waals surface area (Å²) in [7, 11) is 0. The van der Waals surface area contributed by atoms with Crippen LogP contribution in [0.3, 0.4) is 0 Å². The number of nitrogens with one attached hydrogen (secondary N) is 1. The number of phenols is 1. The minimum atomic E-state index is -1.03. The fourth-order valence-electron chi connectivity index (χ4n) is 9.57. The van der Waals surface area contributed by atoms with Gasteiger partial charge in [-0.1, -0.05) is 30.3 Å². The number of phenolic OH excluding ortho intramolecular Hbond substituents is 1. The number of aromatic hydroxyl groups is 1. The van der Waals surface area contributed by atoms with E-state index in [4.69, 9.17) is 9.47 Å². The highest BCUT2D eigenvalue weighted by molar-refractivity contribution is 5.91. The van der Waals surface area contributed by atoms with Gasteiger partial charge in [0.05, 0.1) is 6.42 Å². The van der Waals surface area contributed by atoms with Gasteiger partial charge < -0.3 is 44.4 Å². The van der Waals surface area contributed by atoms with Crippen LogP contribution < -0.4 is 5.32 Å². The van der Waals surface area contributed by atoms with Gasteiger partial charge in [-0.3, -0.25) is 19.3 Å². The first kappa shape index (κ1) is 43.2. The van der Waals surface area contributed by atoms with Crippen molar-refractivity contribution in [3.8, 4) is 5.75 Å². The Morgan fingerprint density at radius 3 is 2.15 bits per heavy atom. The molecule has 60 heavy (non-hydrogen) atoms. The van der Waals surface area contributed by atoms with Crippen LogP contribution in [0.15, 0.2) is 36.4 Å². The average Bonchev–Trinajstić information content (AvgIpc) is 3.44. The van der Waals surface area contributed by atoms with E-state index in [9.17, 15) is 29.1 Å². The molecule has 0 saturated carbocycles. The standard InChI is InChI=1S/C45H63N7O8/c1-32-28-34(29-33(2)42(32)55)30-39(60-45(58)51-21-13-37(14-22-51)52-23-10-35-8-4-5-9-38(35)46-44(52)57)43(56)50-26-24-48(25-27-50)36-11-18-47(19-12-36)20-15-41(54)59-31-40(53)49-16-6-3-7-17-49/h4-5,8-9,28-29,36-37,39,55H,3,6-7,10-27,30-31H2,1-2H3,(H,46,57)/t39-/m1/s1. The Kier molecular flexibility index (Phi) is 14.5. The number of ether oxygens (including phenoxy) is 2. The Labute approximate surface area is 353 Å². The number of aryl methyl sites for hydroxylation is 2. The van der Waals surface area contributed by atoms with Gasteiger partial charge in [0.2, 0.25) is 0 Å². The number of carbonyl (C=O) groups excluding carboxylic acids is 5. The fraction of sp³-hybridized carbons (Fsp3) is 0.622. The smallest absolute Gasteiger partial charge is 0.410 e.